The van der Waals surface area contributed by atoms with E-state index in [0.29, 0.717) is 6.92 Å². The van der Waals surface area contributed by atoms with Crippen LogP contribution >= 0.6 is 0 Å². The molecule has 3 nitrogen and oxygen atoms in total. The molecule has 0 bridgehead atoms. The van der Waals surface area contributed by atoms with Gasteiger partial charge in [-0.2, -0.15) is 43.9 Å². The molecule has 0 rings (SSSR count). The standard InChI is InChI=1S/C9H10F10O3/c1-4(20)5(21-2-6(10,11)8(14,15)16)22-3-7(12,13)9(17,18)19/h4-5,20H,2-3H2,1H3. The van der Waals surface area contributed by atoms with Gasteiger partial charge in [-0.05, 0) is 6.92 Å². The Kier molecular flexibility index (Phi) is 6.49. The van der Waals surface area contributed by atoms with Gasteiger partial charge < -0.3 is 14.6 Å². The van der Waals surface area contributed by atoms with E-state index in [9.17, 15) is 43.9 Å². The molecule has 0 aromatic rings. The molecule has 0 saturated carbocycles. The number of rotatable bonds is 7. The molecule has 0 aliphatic rings. The summed E-state index contributed by atoms with van der Waals surface area (Å²) in [5.41, 5.74) is 0. The topological polar surface area (TPSA) is 38.7 Å². The lowest BCUT2D eigenvalue weighted by Gasteiger charge is -2.27. The van der Waals surface area contributed by atoms with Gasteiger partial charge in [0.25, 0.3) is 0 Å². The van der Waals surface area contributed by atoms with Gasteiger partial charge in [0.05, 0.1) is 0 Å². The van der Waals surface area contributed by atoms with Gasteiger partial charge in [0.1, 0.15) is 19.3 Å². The molecule has 1 unspecified atom stereocenters. The van der Waals surface area contributed by atoms with E-state index < -0.39 is 49.8 Å². The molecule has 0 saturated heterocycles. The largest absolute Gasteiger partial charge is 0.455 e. The lowest BCUT2D eigenvalue weighted by molar-refractivity contribution is -0.334. The van der Waals surface area contributed by atoms with Crippen molar-refractivity contribution in [3.8, 4) is 0 Å². The zero-order valence-electron chi connectivity index (χ0n) is 10.6. The van der Waals surface area contributed by atoms with Crippen LogP contribution in [0, 0.1) is 0 Å². The van der Waals surface area contributed by atoms with Crippen LogP contribution in [-0.4, -0.2) is 54.9 Å². The Balaban J connectivity index is 4.72. The summed E-state index contributed by atoms with van der Waals surface area (Å²) in [6.07, 6.45) is -16.7. The van der Waals surface area contributed by atoms with Crippen LogP contribution < -0.4 is 0 Å². The van der Waals surface area contributed by atoms with Gasteiger partial charge >= 0.3 is 24.2 Å². The molecular formula is C9H10F10O3. The van der Waals surface area contributed by atoms with Crippen molar-refractivity contribution in [2.24, 2.45) is 0 Å². The summed E-state index contributed by atoms with van der Waals surface area (Å²) in [6.45, 7) is -4.19. The lowest BCUT2D eigenvalue weighted by Crippen LogP contribution is -2.46. The predicted molar refractivity (Wildman–Crippen MR) is 49.4 cm³/mol. The number of hydrogen-bond acceptors (Lipinski definition) is 3. The Morgan fingerprint density at radius 3 is 1.18 bits per heavy atom. The summed E-state index contributed by atoms with van der Waals surface area (Å²) in [5, 5.41) is 8.91. The first-order valence-corrected chi connectivity index (χ1v) is 5.31. The van der Waals surface area contributed by atoms with E-state index in [1.54, 1.807) is 0 Å². The number of ether oxygens (including phenoxy) is 2. The molecule has 0 amide bonds. The number of hydrogen-bond donors (Lipinski definition) is 1. The van der Waals surface area contributed by atoms with E-state index in [1.165, 1.54) is 0 Å². The van der Waals surface area contributed by atoms with Gasteiger partial charge in [0, 0.05) is 0 Å². The first kappa shape index (κ1) is 21.2. The predicted octanol–water partition coefficient (Wildman–Crippen LogP) is 3.12. The Morgan fingerprint density at radius 2 is 1.00 bits per heavy atom. The fourth-order valence-electron chi connectivity index (χ4n) is 0.864. The molecule has 0 aromatic carbocycles. The molecule has 13 heteroatoms. The highest BCUT2D eigenvalue weighted by Gasteiger charge is 2.59. The molecule has 0 spiro atoms. The quantitative estimate of drug-likeness (QED) is 0.563. The molecule has 22 heavy (non-hydrogen) atoms. The average Bonchev–Trinajstić information content (AvgIpc) is 2.24. The maximum absolute atomic E-state index is 12.5. The van der Waals surface area contributed by atoms with Crippen LogP contribution in [0.2, 0.25) is 0 Å². The summed E-state index contributed by atoms with van der Waals surface area (Å²) in [4.78, 5) is 0. The Hall–Kier alpha value is -0.820. The Morgan fingerprint density at radius 1 is 0.727 bits per heavy atom. The minimum atomic E-state index is -6.04. The highest BCUT2D eigenvalue weighted by molar-refractivity contribution is 4.77. The van der Waals surface area contributed by atoms with E-state index in [2.05, 4.69) is 9.47 Å². The van der Waals surface area contributed by atoms with Gasteiger partial charge in [-0.25, -0.2) is 0 Å². The second kappa shape index (κ2) is 6.74. The molecule has 0 aliphatic heterocycles. The molecule has 134 valence electrons. The van der Waals surface area contributed by atoms with Gasteiger partial charge in [-0.1, -0.05) is 0 Å². The molecule has 1 N–H and O–H groups in total. The number of aliphatic hydroxyl groups is 1. The number of aliphatic hydroxyl groups excluding tert-OH is 1. The van der Waals surface area contributed by atoms with Crippen LogP contribution in [0.3, 0.4) is 0 Å². The van der Waals surface area contributed by atoms with E-state index in [1.807, 2.05) is 0 Å². The average molecular weight is 356 g/mol. The van der Waals surface area contributed by atoms with Crippen LogP contribution in [0.15, 0.2) is 0 Å². The van der Waals surface area contributed by atoms with Gasteiger partial charge in [-0.3, -0.25) is 0 Å². The van der Waals surface area contributed by atoms with E-state index >= 15 is 0 Å². The van der Waals surface area contributed by atoms with Crippen LogP contribution in [-0.2, 0) is 9.47 Å². The Labute approximate surface area is 116 Å². The van der Waals surface area contributed by atoms with Gasteiger partial charge in [0.15, 0.2) is 6.29 Å². The maximum atomic E-state index is 12.5. The normalized spacial score (nSPS) is 16.2. The SMILES string of the molecule is CC(O)C(OCC(F)(F)C(F)(F)F)OCC(F)(F)C(F)(F)F. The van der Waals surface area contributed by atoms with E-state index in [4.69, 9.17) is 5.11 Å². The molecule has 1 atom stereocenters. The second-order valence-electron chi connectivity index (χ2n) is 4.14. The van der Waals surface area contributed by atoms with Gasteiger partial charge in [-0.15, -0.1) is 0 Å². The first-order valence-electron chi connectivity index (χ1n) is 5.31. The monoisotopic (exact) mass is 356 g/mol. The van der Waals surface area contributed by atoms with Crippen molar-refractivity contribution in [2.75, 3.05) is 13.2 Å². The van der Waals surface area contributed by atoms with E-state index in [0.717, 1.165) is 0 Å². The van der Waals surface area contributed by atoms with Crippen LogP contribution in [0.5, 0.6) is 0 Å². The summed E-state index contributed by atoms with van der Waals surface area (Å²) < 4.78 is 128. The van der Waals surface area contributed by atoms with Gasteiger partial charge in [0.2, 0.25) is 0 Å². The van der Waals surface area contributed by atoms with Crippen LogP contribution in [0.1, 0.15) is 6.92 Å². The third kappa shape index (κ3) is 5.76. The highest BCUT2D eigenvalue weighted by atomic mass is 19.4. The highest BCUT2D eigenvalue weighted by Crippen LogP contribution is 2.37. The summed E-state index contributed by atoms with van der Waals surface area (Å²) in [5.74, 6) is -10.8. The molecule has 0 aliphatic carbocycles. The minimum absolute atomic E-state index is 0.669. The molecular weight excluding hydrogens is 346 g/mol. The molecule has 0 fully saturated rings. The third-order valence-corrected chi connectivity index (χ3v) is 2.08. The summed E-state index contributed by atoms with van der Waals surface area (Å²) in [6, 6.07) is 0. The summed E-state index contributed by atoms with van der Waals surface area (Å²) >= 11 is 0. The summed E-state index contributed by atoms with van der Waals surface area (Å²) in [7, 11) is 0. The fourth-order valence-corrected chi connectivity index (χ4v) is 0.864. The van der Waals surface area contributed by atoms with Crippen molar-refractivity contribution < 1.29 is 58.5 Å². The second-order valence-corrected chi connectivity index (χ2v) is 4.14. The van der Waals surface area contributed by atoms with Crippen molar-refractivity contribution in [2.45, 2.75) is 43.5 Å². The van der Waals surface area contributed by atoms with Crippen molar-refractivity contribution >= 4 is 0 Å². The van der Waals surface area contributed by atoms with Crippen LogP contribution in [0.4, 0.5) is 43.9 Å². The maximum Gasteiger partial charge on any atom is 0.455 e. The fraction of sp³-hybridized carbons (Fsp3) is 1.00. The molecule has 0 aromatic heterocycles. The van der Waals surface area contributed by atoms with Crippen molar-refractivity contribution in [1.29, 1.82) is 0 Å². The molecule has 0 heterocycles. The Bertz CT molecular complexity index is 319. The number of alkyl halides is 10. The van der Waals surface area contributed by atoms with Crippen molar-refractivity contribution in [3.05, 3.63) is 0 Å². The lowest BCUT2D eigenvalue weighted by atomic mass is 10.3. The van der Waals surface area contributed by atoms with Crippen molar-refractivity contribution in [3.63, 3.8) is 0 Å². The first-order chi connectivity index (χ1) is 9.51. The number of halogens is 10. The minimum Gasteiger partial charge on any atom is -0.388 e. The third-order valence-electron chi connectivity index (χ3n) is 2.08. The zero-order valence-corrected chi connectivity index (χ0v) is 10.6. The molecule has 0 radical (unpaired) electrons. The van der Waals surface area contributed by atoms with Crippen molar-refractivity contribution in [1.82, 2.24) is 0 Å². The van der Waals surface area contributed by atoms with E-state index in [-0.39, 0.29) is 0 Å². The zero-order chi connectivity index (χ0) is 18.0. The smallest absolute Gasteiger partial charge is 0.388 e. The van der Waals surface area contributed by atoms with Crippen LogP contribution in [0.25, 0.3) is 0 Å².